The number of benzene rings is 2. The van der Waals surface area contributed by atoms with Gasteiger partial charge in [0.2, 0.25) is 0 Å². The maximum Gasteiger partial charge on any atom is 0.260 e. The Hall–Kier alpha value is -3.22. The number of carbonyl (C=O) groups is 2. The minimum Gasteiger partial charge on any atom is -0.497 e. The van der Waals surface area contributed by atoms with Crippen molar-refractivity contribution in [1.29, 1.82) is 0 Å². The molecule has 29 heavy (non-hydrogen) atoms. The van der Waals surface area contributed by atoms with Gasteiger partial charge in [-0.2, -0.15) is 0 Å². The van der Waals surface area contributed by atoms with Gasteiger partial charge in [-0.25, -0.2) is 0 Å². The van der Waals surface area contributed by atoms with Gasteiger partial charge in [0.25, 0.3) is 11.8 Å². The van der Waals surface area contributed by atoms with Gasteiger partial charge in [0.05, 0.1) is 7.11 Å². The smallest absolute Gasteiger partial charge is 0.260 e. The molecule has 2 aromatic carbocycles. The summed E-state index contributed by atoms with van der Waals surface area (Å²) in [4.78, 5) is 28.2. The van der Waals surface area contributed by atoms with Crippen molar-refractivity contribution < 1.29 is 23.8 Å². The van der Waals surface area contributed by atoms with Crippen LogP contribution in [0.15, 0.2) is 48.5 Å². The molecule has 0 atom stereocenters. The first-order chi connectivity index (χ1) is 14.0. The number of carbonyl (C=O) groups excluding carboxylic acids is 2. The van der Waals surface area contributed by atoms with Gasteiger partial charge in [-0.05, 0) is 48.9 Å². The van der Waals surface area contributed by atoms with E-state index in [1.165, 1.54) is 0 Å². The summed E-state index contributed by atoms with van der Waals surface area (Å²) in [5, 5.41) is 0. The molecule has 0 N–H and O–H groups in total. The second-order valence-corrected chi connectivity index (χ2v) is 6.83. The predicted molar refractivity (Wildman–Crippen MR) is 108 cm³/mol. The largest absolute Gasteiger partial charge is 0.497 e. The lowest BCUT2D eigenvalue weighted by Gasteiger charge is -2.34. The van der Waals surface area contributed by atoms with Gasteiger partial charge in [0.15, 0.2) is 13.2 Å². The van der Waals surface area contributed by atoms with Gasteiger partial charge in [0, 0.05) is 26.2 Å². The van der Waals surface area contributed by atoms with Gasteiger partial charge in [-0.1, -0.05) is 12.1 Å². The fourth-order valence-electron chi connectivity index (χ4n) is 3.06. The van der Waals surface area contributed by atoms with Crippen molar-refractivity contribution in [3.63, 3.8) is 0 Å². The van der Waals surface area contributed by atoms with Crippen molar-refractivity contribution >= 4 is 11.8 Å². The number of ether oxygens (including phenoxy) is 3. The molecule has 3 rings (SSSR count). The molecule has 154 valence electrons. The standard InChI is InChI=1S/C22H26N2O5/c1-17-4-3-5-20(14-17)29-16-22(26)24-12-10-23(11-13-24)21(25)15-28-19-8-6-18(27-2)7-9-19/h3-9,14H,10-13,15-16H2,1-2H3. The molecule has 0 aromatic heterocycles. The Balaban J connectivity index is 1.39. The summed E-state index contributed by atoms with van der Waals surface area (Å²) in [5.74, 6) is 1.86. The van der Waals surface area contributed by atoms with Crippen molar-refractivity contribution in [2.45, 2.75) is 6.92 Å². The topological polar surface area (TPSA) is 68.3 Å². The van der Waals surface area contributed by atoms with Gasteiger partial charge < -0.3 is 24.0 Å². The molecule has 0 unspecified atom stereocenters. The summed E-state index contributed by atoms with van der Waals surface area (Å²) < 4.78 is 16.2. The fraction of sp³-hybridized carbons (Fsp3) is 0.364. The van der Waals surface area contributed by atoms with Crippen LogP contribution < -0.4 is 14.2 Å². The summed E-state index contributed by atoms with van der Waals surface area (Å²) in [6, 6.07) is 14.7. The van der Waals surface area contributed by atoms with Crippen LogP contribution in [0.1, 0.15) is 5.56 Å². The molecule has 0 bridgehead atoms. The highest BCUT2D eigenvalue weighted by atomic mass is 16.5. The maximum absolute atomic E-state index is 12.4. The van der Waals surface area contributed by atoms with Crippen LogP contribution in [0.4, 0.5) is 0 Å². The lowest BCUT2D eigenvalue weighted by Crippen LogP contribution is -2.52. The molecular weight excluding hydrogens is 372 g/mol. The third-order valence-corrected chi connectivity index (χ3v) is 4.76. The minimum absolute atomic E-state index is 0.00200. The number of hydrogen-bond acceptors (Lipinski definition) is 5. The number of hydrogen-bond donors (Lipinski definition) is 0. The first-order valence-corrected chi connectivity index (χ1v) is 9.57. The highest BCUT2D eigenvalue weighted by Crippen LogP contribution is 2.17. The van der Waals surface area contributed by atoms with E-state index in [-0.39, 0.29) is 25.0 Å². The Morgan fingerprint density at radius 3 is 1.83 bits per heavy atom. The summed E-state index contributed by atoms with van der Waals surface area (Å²) >= 11 is 0. The lowest BCUT2D eigenvalue weighted by atomic mass is 10.2. The number of piperazine rings is 1. The van der Waals surface area contributed by atoms with E-state index >= 15 is 0 Å². The van der Waals surface area contributed by atoms with Crippen LogP contribution in [0.5, 0.6) is 17.2 Å². The molecule has 2 aromatic rings. The minimum atomic E-state index is -0.0936. The van der Waals surface area contributed by atoms with E-state index in [2.05, 4.69) is 0 Å². The van der Waals surface area contributed by atoms with Crippen molar-refractivity contribution in [3.8, 4) is 17.2 Å². The van der Waals surface area contributed by atoms with E-state index in [1.54, 1.807) is 41.2 Å². The van der Waals surface area contributed by atoms with E-state index in [1.807, 2.05) is 31.2 Å². The van der Waals surface area contributed by atoms with E-state index < -0.39 is 0 Å². The van der Waals surface area contributed by atoms with Crippen LogP contribution in [0.25, 0.3) is 0 Å². The highest BCUT2D eigenvalue weighted by Gasteiger charge is 2.24. The average Bonchev–Trinajstić information content (AvgIpc) is 2.76. The zero-order valence-corrected chi connectivity index (χ0v) is 16.8. The zero-order valence-electron chi connectivity index (χ0n) is 16.8. The van der Waals surface area contributed by atoms with Crippen molar-refractivity contribution in [2.75, 3.05) is 46.5 Å². The van der Waals surface area contributed by atoms with Crippen LogP contribution in [0.3, 0.4) is 0 Å². The van der Waals surface area contributed by atoms with E-state index in [0.717, 1.165) is 11.3 Å². The summed E-state index contributed by atoms with van der Waals surface area (Å²) in [6.45, 7) is 3.90. The summed E-state index contributed by atoms with van der Waals surface area (Å²) in [6.07, 6.45) is 0. The molecule has 0 radical (unpaired) electrons. The Morgan fingerprint density at radius 2 is 1.31 bits per heavy atom. The third kappa shape index (κ3) is 5.88. The monoisotopic (exact) mass is 398 g/mol. The molecule has 2 amide bonds. The van der Waals surface area contributed by atoms with E-state index in [4.69, 9.17) is 14.2 Å². The molecule has 0 spiro atoms. The van der Waals surface area contributed by atoms with Crippen LogP contribution in [-0.4, -0.2) is 68.1 Å². The van der Waals surface area contributed by atoms with Crippen LogP contribution in [0.2, 0.25) is 0 Å². The second-order valence-electron chi connectivity index (χ2n) is 6.83. The van der Waals surface area contributed by atoms with Gasteiger partial charge >= 0.3 is 0 Å². The Bertz CT molecular complexity index is 829. The van der Waals surface area contributed by atoms with Gasteiger partial charge in [-0.3, -0.25) is 9.59 Å². The lowest BCUT2D eigenvalue weighted by molar-refractivity contribution is -0.141. The Kier molecular flexibility index (Phi) is 6.94. The van der Waals surface area contributed by atoms with Crippen LogP contribution in [0, 0.1) is 6.92 Å². The highest BCUT2D eigenvalue weighted by molar-refractivity contribution is 5.80. The molecular formula is C22H26N2O5. The molecule has 1 aliphatic rings. The summed E-state index contributed by atoms with van der Waals surface area (Å²) in [7, 11) is 1.60. The molecule has 7 heteroatoms. The molecule has 1 saturated heterocycles. The first-order valence-electron chi connectivity index (χ1n) is 9.57. The molecule has 7 nitrogen and oxygen atoms in total. The van der Waals surface area contributed by atoms with E-state index in [9.17, 15) is 9.59 Å². The summed E-state index contributed by atoms with van der Waals surface area (Å²) in [5.41, 5.74) is 1.08. The number of rotatable bonds is 7. The third-order valence-electron chi connectivity index (χ3n) is 4.76. The molecule has 0 saturated carbocycles. The SMILES string of the molecule is COc1ccc(OCC(=O)N2CCN(C(=O)COc3cccc(C)c3)CC2)cc1. The average molecular weight is 398 g/mol. The van der Waals surface area contributed by atoms with Crippen molar-refractivity contribution in [3.05, 3.63) is 54.1 Å². The van der Waals surface area contributed by atoms with Crippen LogP contribution in [-0.2, 0) is 9.59 Å². The molecule has 1 heterocycles. The normalized spacial score (nSPS) is 13.7. The first kappa shape index (κ1) is 20.5. The molecule has 1 fully saturated rings. The number of nitrogens with zero attached hydrogens (tertiary/aromatic N) is 2. The Labute approximate surface area is 170 Å². The number of methoxy groups -OCH3 is 1. The van der Waals surface area contributed by atoms with Gasteiger partial charge in [-0.15, -0.1) is 0 Å². The number of aryl methyl sites for hydroxylation is 1. The van der Waals surface area contributed by atoms with E-state index in [0.29, 0.717) is 37.7 Å². The van der Waals surface area contributed by atoms with Crippen molar-refractivity contribution in [1.82, 2.24) is 9.80 Å². The second kappa shape index (κ2) is 9.82. The maximum atomic E-state index is 12.4. The van der Waals surface area contributed by atoms with Crippen molar-refractivity contribution in [2.24, 2.45) is 0 Å². The fourth-order valence-corrected chi connectivity index (χ4v) is 3.06. The Morgan fingerprint density at radius 1 is 0.793 bits per heavy atom. The number of amides is 2. The van der Waals surface area contributed by atoms with Gasteiger partial charge in [0.1, 0.15) is 17.2 Å². The molecule has 0 aliphatic carbocycles. The predicted octanol–water partition coefficient (Wildman–Crippen LogP) is 2.13. The molecule has 1 aliphatic heterocycles. The van der Waals surface area contributed by atoms with Crippen LogP contribution >= 0.6 is 0 Å². The quantitative estimate of drug-likeness (QED) is 0.715. The zero-order chi connectivity index (χ0) is 20.6.